The Morgan fingerprint density at radius 1 is 1.00 bits per heavy atom. The van der Waals surface area contributed by atoms with Crippen LogP contribution in [0, 0.1) is 12.7 Å². The number of carbonyl (C=O) groups is 2. The Morgan fingerprint density at radius 3 is 2.38 bits per heavy atom. The lowest BCUT2D eigenvalue weighted by Gasteiger charge is -2.26. The van der Waals surface area contributed by atoms with Gasteiger partial charge in [0.15, 0.2) is 0 Å². The van der Waals surface area contributed by atoms with Gasteiger partial charge < -0.3 is 4.90 Å². The van der Waals surface area contributed by atoms with E-state index in [0.717, 1.165) is 16.6 Å². The molecule has 5 rings (SSSR count). The molecule has 7 nitrogen and oxygen atoms in total. The van der Waals surface area contributed by atoms with Crippen LogP contribution in [0.4, 0.5) is 15.8 Å². The number of carbonyl (C=O) groups excluding carboxylic acids is 2. The molecule has 0 aliphatic carbocycles. The Hall–Kier alpha value is -3.89. The van der Waals surface area contributed by atoms with Crippen molar-refractivity contribution < 1.29 is 22.4 Å². The first kappa shape index (κ1) is 26.7. The Morgan fingerprint density at radius 2 is 1.69 bits per heavy atom. The van der Waals surface area contributed by atoms with E-state index in [-0.39, 0.29) is 33.3 Å². The summed E-state index contributed by atoms with van der Waals surface area (Å²) in [7, 11) is -0.439. The maximum atomic E-state index is 13.4. The lowest BCUT2D eigenvalue weighted by Crippen LogP contribution is -2.31. The van der Waals surface area contributed by atoms with E-state index in [2.05, 4.69) is 4.72 Å². The van der Waals surface area contributed by atoms with Gasteiger partial charge in [-0.2, -0.15) is 0 Å². The highest BCUT2D eigenvalue weighted by Crippen LogP contribution is 2.43. The van der Waals surface area contributed by atoms with Crippen molar-refractivity contribution in [1.29, 1.82) is 0 Å². The zero-order valence-corrected chi connectivity index (χ0v) is 23.1. The van der Waals surface area contributed by atoms with Gasteiger partial charge >= 0.3 is 0 Å². The number of anilines is 2. The molecule has 1 unspecified atom stereocenters. The number of hydrogen-bond donors (Lipinski definition) is 1. The number of aryl methyl sites for hydroxylation is 1. The number of thioether (sulfide) groups is 1. The SMILES string of the molecule is Cc1cc(C(=O)NS(=O)(=O)c2cccc3c(N(C)C)cccc23)ccc1N1C(=O)CSC1c1ccc(F)cc1. The predicted octanol–water partition coefficient (Wildman–Crippen LogP) is 5.25. The molecule has 200 valence electrons. The van der Waals surface area contributed by atoms with E-state index in [1.54, 1.807) is 54.3 Å². The second-order valence-corrected chi connectivity index (χ2v) is 12.2. The number of benzene rings is 4. The number of fused-ring (bicyclic) bond motifs is 1. The summed E-state index contributed by atoms with van der Waals surface area (Å²) < 4.78 is 42.3. The van der Waals surface area contributed by atoms with Gasteiger partial charge in [0, 0.05) is 41.8 Å². The minimum absolute atomic E-state index is 0.00669. The van der Waals surface area contributed by atoms with Gasteiger partial charge in [-0.3, -0.25) is 14.5 Å². The summed E-state index contributed by atoms with van der Waals surface area (Å²) in [6.07, 6.45) is 0. The highest BCUT2D eigenvalue weighted by Gasteiger charge is 2.35. The van der Waals surface area contributed by atoms with Gasteiger partial charge in [0.05, 0.1) is 10.6 Å². The normalized spacial score (nSPS) is 15.5. The predicted molar refractivity (Wildman–Crippen MR) is 153 cm³/mol. The molecule has 1 aliphatic rings. The van der Waals surface area contributed by atoms with Crippen LogP contribution in [0.5, 0.6) is 0 Å². The van der Waals surface area contributed by atoms with Crippen molar-refractivity contribution in [1.82, 2.24) is 4.72 Å². The summed E-state index contributed by atoms with van der Waals surface area (Å²) in [5.41, 5.74) is 3.02. The second kappa shape index (κ2) is 10.3. The van der Waals surface area contributed by atoms with Crippen LogP contribution in [-0.4, -0.2) is 40.1 Å². The molecule has 1 atom stereocenters. The maximum absolute atomic E-state index is 13.4. The van der Waals surface area contributed by atoms with Crippen LogP contribution >= 0.6 is 11.8 Å². The van der Waals surface area contributed by atoms with E-state index in [1.807, 2.05) is 31.1 Å². The van der Waals surface area contributed by atoms with E-state index in [1.165, 1.54) is 36.0 Å². The second-order valence-electron chi connectivity index (χ2n) is 9.44. The van der Waals surface area contributed by atoms with Crippen molar-refractivity contribution >= 4 is 55.7 Å². The number of halogens is 1. The van der Waals surface area contributed by atoms with Crippen molar-refractivity contribution in [2.45, 2.75) is 17.2 Å². The summed E-state index contributed by atoms with van der Waals surface area (Å²) in [5, 5.41) is 0.921. The molecule has 39 heavy (non-hydrogen) atoms. The topological polar surface area (TPSA) is 86.8 Å². The highest BCUT2D eigenvalue weighted by atomic mass is 32.2. The molecule has 10 heteroatoms. The van der Waals surface area contributed by atoms with E-state index in [9.17, 15) is 22.4 Å². The summed E-state index contributed by atoms with van der Waals surface area (Å²) in [6, 6.07) is 21.0. The Labute approximate surface area is 230 Å². The van der Waals surface area contributed by atoms with Gasteiger partial charge in [0.1, 0.15) is 11.2 Å². The first-order chi connectivity index (χ1) is 18.6. The van der Waals surface area contributed by atoms with Crippen molar-refractivity contribution in [2.75, 3.05) is 29.6 Å². The minimum atomic E-state index is -4.19. The zero-order chi connectivity index (χ0) is 27.9. The minimum Gasteiger partial charge on any atom is -0.377 e. The smallest absolute Gasteiger partial charge is 0.265 e. The molecule has 0 saturated carbocycles. The van der Waals surface area contributed by atoms with Crippen LogP contribution in [0.1, 0.15) is 26.9 Å². The number of nitrogens with zero attached hydrogens (tertiary/aromatic N) is 2. The Bertz CT molecular complexity index is 1710. The van der Waals surface area contributed by atoms with Gasteiger partial charge in [-0.15, -0.1) is 11.8 Å². The number of rotatable bonds is 6. The molecule has 2 amide bonds. The molecule has 0 radical (unpaired) electrons. The first-order valence-corrected chi connectivity index (χ1v) is 14.7. The van der Waals surface area contributed by atoms with Crippen molar-refractivity contribution in [3.05, 3.63) is 101 Å². The maximum Gasteiger partial charge on any atom is 0.265 e. The van der Waals surface area contributed by atoms with Crippen LogP contribution in [0.3, 0.4) is 0 Å². The van der Waals surface area contributed by atoms with Crippen LogP contribution < -0.4 is 14.5 Å². The van der Waals surface area contributed by atoms with Crippen LogP contribution in [0.15, 0.2) is 83.8 Å². The van der Waals surface area contributed by atoms with Crippen molar-refractivity contribution in [3.63, 3.8) is 0 Å². The molecule has 1 fully saturated rings. The van der Waals surface area contributed by atoms with Crippen LogP contribution in [-0.2, 0) is 14.8 Å². The third-order valence-electron chi connectivity index (χ3n) is 6.60. The summed E-state index contributed by atoms with van der Waals surface area (Å²) >= 11 is 1.43. The Balaban J connectivity index is 1.43. The standard InChI is InChI=1S/C29H26FN3O4S2/c1-18-16-20(12-15-24(18)33-27(34)17-38-29(33)19-10-13-21(30)14-11-19)28(35)31-39(36,37)26-9-5-6-22-23(26)7-4-8-25(22)32(2)3/h4-16,29H,17H2,1-3H3,(H,31,35). The number of amides is 2. The van der Waals surface area contributed by atoms with Gasteiger partial charge in [-0.25, -0.2) is 17.5 Å². The first-order valence-electron chi connectivity index (χ1n) is 12.1. The van der Waals surface area contributed by atoms with Gasteiger partial charge in [0.25, 0.3) is 15.9 Å². The molecule has 1 aliphatic heterocycles. The van der Waals surface area contributed by atoms with Crippen molar-refractivity contribution in [2.24, 2.45) is 0 Å². The van der Waals surface area contributed by atoms with E-state index >= 15 is 0 Å². The van der Waals surface area contributed by atoms with Gasteiger partial charge in [-0.05, 0) is 60.5 Å². The largest absolute Gasteiger partial charge is 0.377 e. The molecule has 1 saturated heterocycles. The summed E-state index contributed by atoms with van der Waals surface area (Å²) in [5.74, 6) is -0.974. The third kappa shape index (κ3) is 5.09. The molecule has 0 spiro atoms. The van der Waals surface area contributed by atoms with Gasteiger partial charge in [-0.1, -0.05) is 36.4 Å². The molecule has 0 aromatic heterocycles. The van der Waals surface area contributed by atoms with E-state index in [4.69, 9.17) is 0 Å². The average Bonchev–Trinajstić information content (AvgIpc) is 3.28. The summed E-state index contributed by atoms with van der Waals surface area (Å²) in [4.78, 5) is 29.4. The van der Waals surface area contributed by atoms with Gasteiger partial charge in [0.2, 0.25) is 5.91 Å². The lowest BCUT2D eigenvalue weighted by molar-refractivity contribution is -0.115. The fraction of sp³-hybridized carbons (Fsp3) is 0.172. The monoisotopic (exact) mass is 563 g/mol. The molecular weight excluding hydrogens is 537 g/mol. The highest BCUT2D eigenvalue weighted by molar-refractivity contribution is 8.00. The molecule has 0 bridgehead atoms. The van der Waals surface area contributed by atoms with E-state index < -0.39 is 15.9 Å². The quantitative estimate of drug-likeness (QED) is 0.345. The molecular formula is C29H26FN3O4S2. The average molecular weight is 564 g/mol. The fourth-order valence-corrected chi connectivity index (χ4v) is 7.12. The van der Waals surface area contributed by atoms with Crippen LogP contribution in [0.2, 0.25) is 0 Å². The molecule has 4 aromatic rings. The zero-order valence-electron chi connectivity index (χ0n) is 21.5. The number of sulfonamides is 1. The molecule has 1 N–H and O–H groups in total. The molecule has 1 heterocycles. The molecule has 4 aromatic carbocycles. The Kier molecular flexibility index (Phi) is 7.09. The fourth-order valence-electron chi connectivity index (χ4n) is 4.75. The number of nitrogens with one attached hydrogen (secondary N) is 1. The van der Waals surface area contributed by atoms with Crippen molar-refractivity contribution in [3.8, 4) is 0 Å². The lowest BCUT2D eigenvalue weighted by atomic mass is 10.1. The van der Waals surface area contributed by atoms with Crippen LogP contribution in [0.25, 0.3) is 10.8 Å². The number of hydrogen-bond acceptors (Lipinski definition) is 6. The van der Waals surface area contributed by atoms with E-state index in [0.29, 0.717) is 16.6 Å². The summed E-state index contributed by atoms with van der Waals surface area (Å²) in [6.45, 7) is 1.76. The third-order valence-corrected chi connectivity index (χ3v) is 9.20.